The normalized spacial score (nSPS) is 9.79. The topological polar surface area (TPSA) is 29.4 Å². The molecule has 2 rings (SSSR count). The summed E-state index contributed by atoms with van der Waals surface area (Å²) < 4.78 is 0. The van der Waals surface area contributed by atoms with Crippen molar-refractivity contribution in [1.29, 1.82) is 0 Å². The minimum Gasteiger partial charge on any atom is -0.211 e. The van der Waals surface area contributed by atoms with Crippen molar-refractivity contribution in [3.05, 3.63) is 41.4 Å². The van der Waals surface area contributed by atoms with Gasteiger partial charge in [0.15, 0.2) is 0 Å². The molecule has 0 heterocycles. The molecule has 3 heteroatoms. The van der Waals surface area contributed by atoms with Gasteiger partial charge in [-0.05, 0) is 23.6 Å². The summed E-state index contributed by atoms with van der Waals surface area (Å²) >= 11 is 5.84. The van der Waals surface area contributed by atoms with Crippen LogP contribution in [0.25, 0.3) is 10.8 Å². The lowest BCUT2D eigenvalue weighted by atomic mass is 10.1. The van der Waals surface area contributed by atoms with Crippen LogP contribution < -0.4 is 0 Å². The SMILES string of the molecule is O=C=Nc1cccc2cc(Cl)ccc12. The Kier molecular flexibility index (Phi) is 2.32. The summed E-state index contributed by atoms with van der Waals surface area (Å²) in [4.78, 5) is 13.8. The molecule has 0 aliphatic carbocycles. The zero-order chi connectivity index (χ0) is 9.97. The number of halogens is 1. The highest BCUT2D eigenvalue weighted by molar-refractivity contribution is 6.31. The van der Waals surface area contributed by atoms with Crippen molar-refractivity contribution in [1.82, 2.24) is 0 Å². The number of hydrogen-bond donors (Lipinski definition) is 0. The van der Waals surface area contributed by atoms with Crippen LogP contribution in [0.1, 0.15) is 0 Å². The second kappa shape index (κ2) is 3.62. The number of benzene rings is 2. The Hall–Kier alpha value is -1.63. The van der Waals surface area contributed by atoms with E-state index in [9.17, 15) is 4.79 Å². The quantitative estimate of drug-likeness (QED) is 0.516. The third-order valence-corrected chi connectivity index (χ3v) is 2.22. The summed E-state index contributed by atoms with van der Waals surface area (Å²) in [5.74, 6) is 0. The van der Waals surface area contributed by atoms with Gasteiger partial charge in [-0.2, -0.15) is 4.99 Å². The molecule has 0 N–H and O–H groups in total. The molecule has 0 aliphatic rings. The first-order valence-electron chi connectivity index (χ1n) is 4.07. The predicted octanol–water partition coefficient (Wildman–Crippen LogP) is 3.46. The molecule has 0 spiro atoms. The van der Waals surface area contributed by atoms with E-state index in [2.05, 4.69) is 4.99 Å². The van der Waals surface area contributed by atoms with Crippen LogP contribution >= 0.6 is 11.6 Å². The number of carbonyl (C=O) groups excluding carboxylic acids is 1. The molecule has 2 nitrogen and oxygen atoms in total. The molecule has 0 aromatic heterocycles. The van der Waals surface area contributed by atoms with E-state index in [1.807, 2.05) is 24.3 Å². The van der Waals surface area contributed by atoms with Gasteiger partial charge in [-0.25, -0.2) is 4.79 Å². The molecule has 0 bridgehead atoms. The third kappa shape index (κ3) is 1.53. The summed E-state index contributed by atoms with van der Waals surface area (Å²) in [5, 5.41) is 2.54. The zero-order valence-electron chi connectivity index (χ0n) is 7.20. The summed E-state index contributed by atoms with van der Waals surface area (Å²) in [6, 6.07) is 11.0. The molecular weight excluding hydrogens is 198 g/mol. The van der Waals surface area contributed by atoms with E-state index in [1.54, 1.807) is 12.1 Å². The molecule has 0 saturated heterocycles. The van der Waals surface area contributed by atoms with Crippen molar-refractivity contribution < 1.29 is 4.79 Å². The Balaban J connectivity index is 2.81. The average Bonchev–Trinajstić information content (AvgIpc) is 2.18. The maximum atomic E-state index is 10.2. The lowest BCUT2D eigenvalue weighted by Gasteiger charge is -2.00. The van der Waals surface area contributed by atoms with Gasteiger partial charge in [0.05, 0.1) is 5.69 Å². The molecule has 0 saturated carbocycles. The Bertz CT molecular complexity index is 530. The van der Waals surface area contributed by atoms with E-state index in [0.717, 1.165) is 10.8 Å². The number of hydrogen-bond acceptors (Lipinski definition) is 2. The summed E-state index contributed by atoms with van der Waals surface area (Å²) in [7, 11) is 0. The summed E-state index contributed by atoms with van der Waals surface area (Å²) in [6.07, 6.45) is 1.53. The molecule has 68 valence electrons. The van der Waals surface area contributed by atoms with Gasteiger partial charge >= 0.3 is 0 Å². The van der Waals surface area contributed by atoms with Gasteiger partial charge in [-0.3, -0.25) is 0 Å². The van der Waals surface area contributed by atoms with E-state index >= 15 is 0 Å². The Morgan fingerprint density at radius 2 is 2.07 bits per heavy atom. The first-order chi connectivity index (χ1) is 6.81. The van der Waals surface area contributed by atoms with Crippen molar-refractivity contribution in [3.8, 4) is 0 Å². The standard InChI is InChI=1S/C11H6ClNO/c12-9-4-5-10-8(6-9)2-1-3-11(10)13-7-14/h1-6H. The van der Waals surface area contributed by atoms with Crippen LogP contribution in [0.4, 0.5) is 5.69 Å². The molecule has 0 amide bonds. The van der Waals surface area contributed by atoms with Crippen LogP contribution in [0.15, 0.2) is 41.4 Å². The predicted molar refractivity (Wildman–Crippen MR) is 56.7 cm³/mol. The minimum atomic E-state index is 0.620. The monoisotopic (exact) mass is 203 g/mol. The van der Waals surface area contributed by atoms with Gasteiger partial charge < -0.3 is 0 Å². The average molecular weight is 204 g/mol. The van der Waals surface area contributed by atoms with E-state index in [1.165, 1.54) is 6.08 Å². The zero-order valence-corrected chi connectivity index (χ0v) is 7.95. The molecule has 2 aromatic rings. The molecule has 14 heavy (non-hydrogen) atoms. The van der Waals surface area contributed by atoms with E-state index in [4.69, 9.17) is 11.6 Å². The van der Waals surface area contributed by atoms with Crippen LogP contribution in [-0.2, 0) is 4.79 Å². The number of isocyanates is 1. The summed E-state index contributed by atoms with van der Waals surface area (Å²) in [5.41, 5.74) is 0.620. The van der Waals surface area contributed by atoms with E-state index in [-0.39, 0.29) is 0 Å². The van der Waals surface area contributed by atoms with Crippen LogP contribution in [0.5, 0.6) is 0 Å². The number of fused-ring (bicyclic) bond motifs is 1. The van der Waals surface area contributed by atoms with Crippen molar-refractivity contribution >= 4 is 34.1 Å². The lowest BCUT2D eigenvalue weighted by molar-refractivity contribution is 0.565. The molecular formula is C11H6ClNO. The molecule has 0 unspecified atom stereocenters. The molecule has 0 aliphatic heterocycles. The highest BCUT2D eigenvalue weighted by atomic mass is 35.5. The Morgan fingerprint density at radius 1 is 1.21 bits per heavy atom. The van der Waals surface area contributed by atoms with Crippen molar-refractivity contribution in [2.24, 2.45) is 4.99 Å². The van der Waals surface area contributed by atoms with Crippen LogP contribution in [0.2, 0.25) is 5.02 Å². The van der Waals surface area contributed by atoms with E-state index in [0.29, 0.717) is 10.7 Å². The first kappa shape index (κ1) is 8.95. The van der Waals surface area contributed by atoms with Crippen molar-refractivity contribution in [2.75, 3.05) is 0 Å². The molecule has 0 atom stereocenters. The highest BCUT2D eigenvalue weighted by Crippen LogP contribution is 2.27. The largest absolute Gasteiger partial charge is 0.240 e. The number of nitrogens with zero attached hydrogens (tertiary/aromatic N) is 1. The van der Waals surface area contributed by atoms with Crippen LogP contribution in [-0.4, -0.2) is 6.08 Å². The molecule has 0 radical (unpaired) electrons. The van der Waals surface area contributed by atoms with Crippen molar-refractivity contribution in [2.45, 2.75) is 0 Å². The fraction of sp³-hybridized carbons (Fsp3) is 0. The second-order valence-electron chi connectivity index (χ2n) is 2.85. The fourth-order valence-electron chi connectivity index (χ4n) is 1.38. The molecule has 0 fully saturated rings. The summed E-state index contributed by atoms with van der Waals surface area (Å²) in [6.45, 7) is 0. The third-order valence-electron chi connectivity index (χ3n) is 1.99. The van der Waals surface area contributed by atoms with Gasteiger partial charge in [-0.1, -0.05) is 29.8 Å². The lowest BCUT2D eigenvalue weighted by Crippen LogP contribution is -1.73. The Morgan fingerprint density at radius 3 is 2.86 bits per heavy atom. The number of aliphatic imine (C=N–C) groups is 1. The van der Waals surface area contributed by atoms with Gasteiger partial charge in [-0.15, -0.1) is 0 Å². The minimum absolute atomic E-state index is 0.620. The number of rotatable bonds is 1. The van der Waals surface area contributed by atoms with Crippen LogP contribution in [0, 0.1) is 0 Å². The smallest absolute Gasteiger partial charge is 0.211 e. The maximum Gasteiger partial charge on any atom is 0.240 e. The Labute approximate surface area is 85.8 Å². The van der Waals surface area contributed by atoms with Gasteiger partial charge in [0, 0.05) is 10.4 Å². The van der Waals surface area contributed by atoms with Gasteiger partial charge in [0.25, 0.3) is 0 Å². The fourth-order valence-corrected chi connectivity index (χ4v) is 1.56. The van der Waals surface area contributed by atoms with Gasteiger partial charge in [0.1, 0.15) is 0 Å². The van der Waals surface area contributed by atoms with E-state index < -0.39 is 0 Å². The second-order valence-corrected chi connectivity index (χ2v) is 3.28. The maximum absolute atomic E-state index is 10.2. The first-order valence-corrected chi connectivity index (χ1v) is 4.45. The van der Waals surface area contributed by atoms with Crippen LogP contribution in [0.3, 0.4) is 0 Å². The highest BCUT2D eigenvalue weighted by Gasteiger charge is 1.99. The van der Waals surface area contributed by atoms with Gasteiger partial charge in [0.2, 0.25) is 6.08 Å². The molecule has 2 aromatic carbocycles. The van der Waals surface area contributed by atoms with Crippen molar-refractivity contribution in [3.63, 3.8) is 0 Å².